The summed E-state index contributed by atoms with van der Waals surface area (Å²) in [7, 11) is 0. The van der Waals surface area contributed by atoms with Gasteiger partial charge in [-0.25, -0.2) is 9.78 Å². The lowest BCUT2D eigenvalue weighted by molar-refractivity contribution is -0.131. The van der Waals surface area contributed by atoms with Gasteiger partial charge in [0.15, 0.2) is 5.13 Å². The number of nitrogens with zero attached hydrogens (tertiary/aromatic N) is 3. The molecule has 2 saturated heterocycles. The second-order valence-corrected chi connectivity index (χ2v) is 8.58. The Morgan fingerprint density at radius 3 is 2.46 bits per heavy atom. The van der Waals surface area contributed by atoms with Crippen molar-refractivity contribution >= 4 is 28.4 Å². The van der Waals surface area contributed by atoms with Crippen molar-refractivity contribution in [2.75, 3.05) is 31.5 Å². The molecule has 6 nitrogen and oxygen atoms in total. The van der Waals surface area contributed by atoms with Crippen LogP contribution in [-0.4, -0.2) is 52.9 Å². The summed E-state index contributed by atoms with van der Waals surface area (Å²) in [5, 5.41) is 3.54. The second-order valence-electron chi connectivity index (χ2n) is 7.55. The van der Waals surface area contributed by atoms with E-state index < -0.39 is 0 Å². The number of rotatable bonds is 4. The Kier molecular flexibility index (Phi) is 5.90. The first-order valence-corrected chi connectivity index (χ1v) is 10.9. The highest BCUT2D eigenvalue weighted by atomic mass is 32.1. The van der Waals surface area contributed by atoms with E-state index in [-0.39, 0.29) is 11.9 Å². The quantitative estimate of drug-likeness (QED) is 0.844. The molecule has 2 aromatic rings. The molecule has 1 aromatic carbocycles. The van der Waals surface area contributed by atoms with Crippen molar-refractivity contribution in [2.24, 2.45) is 5.92 Å². The molecule has 0 spiro atoms. The first kappa shape index (κ1) is 18.9. The maximum atomic E-state index is 12.6. The van der Waals surface area contributed by atoms with Crippen molar-refractivity contribution in [1.82, 2.24) is 14.8 Å². The average Bonchev–Trinajstić information content (AvgIpc) is 3.41. The van der Waals surface area contributed by atoms with E-state index in [0.29, 0.717) is 30.6 Å². The fourth-order valence-corrected chi connectivity index (χ4v) is 4.73. The van der Waals surface area contributed by atoms with Gasteiger partial charge in [0.2, 0.25) is 5.91 Å². The number of nitrogens with one attached hydrogen (secondary N) is 1. The molecule has 3 amide bonds. The van der Waals surface area contributed by atoms with Crippen molar-refractivity contribution in [3.05, 3.63) is 36.5 Å². The van der Waals surface area contributed by atoms with Gasteiger partial charge < -0.3 is 9.80 Å². The lowest BCUT2D eigenvalue weighted by Crippen LogP contribution is -2.42. The Bertz CT molecular complexity index is 809. The number of urea groups is 1. The van der Waals surface area contributed by atoms with Crippen molar-refractivity contribution in [3.8, 4) is 10.4 Å². The zero-order valence-corrected chi connectivity index (χ0v) is 16.8. The number of anilines is 1. The minimum Gasteiger partial charge on any atom is -0.343 e. The van der Waals surface area contributed by atoms with Crippen LogP contribution < -0.4 is 5.32 Å². The summed E-state index contributed by atoms with van der Waals surface area (Å²) in [6.45, 7) is 3.22. The van der Waals surface area contributed by atoms with Gasteiger partial charge in [-0.3, -0.25) is 10.1 Å². The SMILES string of the molecule is O=C(CC1CCN(C(=O)Nc2ncc(-c3ccccc3)s2)CC1)N1CCCC1. The van der Waals surface area contributed by atoms with Crippen molar-refractivity contribution in [2.45, 2.75) is 32.1 Å². The van der Waals surface area contributed by atoms with Gasteiger partial charge in [0.25, 0.3) is 0 Å². The number of carbonyl (C=O) groups is 2. The van der Waals surface area contributed by atoms with Crippen molar-refractivity contribution < 1.29 is 9.59 Å². The van der Waals surface area contributed by atoms with Gasteiger partial charge in [0.05, 0.1) is 4.88 Å². The van der Waals surface area contributed by atoms with Crippen LogP contribution in [-0.2, 0) is 4.79 Å². The third kappa shape index (κ3) is 4.52. The summed E-state index contributed by atoms with van der Waals surface area (Å²) in [6.07, 6.45) is 6.47. The lowest BCUT2D eigenvalue weighted by atomic mass is 9.93. The molecule has 1 N–H and O–H groups in total. The van der Waals surface area contributed by atoms with Crippen molar-refractivity contribution in [1.29, 1.82) is 0 Å². The topological polar surface area (TPSA) is 65.5 Å². The first-order chi connectivity index (χ1) is 13.7. The predicted octanol–water partition coefficient (Wildman–Crippen LogP) is 4.07. The zero-order chi connectivity index (χ0) is 19.3. The van der Waals surface area contributed by atoms with Gasteiger partial charge >= 0.3 is 6.03 Å². The summed E-state index contributed by atoms with van der Waals surface area (Å²) in [5.41, 5.74) is 1.10. The van der Waals surface area contributed by atoms with E-state index in [2.05, 4.69) is 10.3 Å². The second kappa shape index (κ2) is 8.73. The number of aromatic nitrogens is 1. The van der Waals surface area contributed by atoms with Crippen LogP contribution >= 0.6 is 11.3 Å². The Morgan fingerprint density at radius 1 is 1.04 bits per heavy atom. The number of likely N-dealkylation sites (tertiary alicyclic amines) is 2. The zero-order valence-electron chi connectivity index (χ0n) is 16.0. The Morgan fingerprint density at radius 2 is 1.75 bits per heavy atom. The van der Waals surface area contributed by atoms with E-state index in [9.17, 15) is 9.59 Å². The number of hydrogen-bond donors (Lipinski definition) is 1. The highest BCUT2D eigenvalue weighted by Crippen LogP contribution is 2.29. The maximum Gasteiger partial charge on any atom is 0.323 e. The van der Waals surface area contributed by atoms with Gasteiger partial charge in [0.1, 0.15) is 0 Å². The fraction of sp³-hybridized carbons (Fsp3) is 0.476. The Balaban J connectivity index is 1.25. The van der Waals surface area contributed by atoms with Crippen LogP contribution in [0.1, 0.15) is 32.1 Å². The number of piperidine rings is 1. The molecule has 0 unspecified atom stereocenters. The minimum absolute atomic E-state index is 0.0988. The minimum atomic E-state index is -0.0988. The third-order valence-electron chi connectivity index (χ3n) is 5.60. The van der Waals surface area contributed by atoms with Gasteiger partial charge in [0, 0.05) is 38.8 Å². The van der Waals surface area contributed by atoms with Crippen LogP contribution in [0.2, 0.25) is 0 Å². The van der Waals surface area contributed by atoms with Crippen LogP contribution in [0.3, 0.4) is 0 Å². The number of carbonyl (C=O) groups excluding carboxylic acids is 2. The molecule has 3 heterocycles. The normalized spacial score (nSPS) is 17.7. The molecule has 4 rings (SSSR count). The molecule has 148 valence electrons. The van der Waals surface area contributed by atoms with E-state index in [1.165, 1.54) is 11.3 Å². The van der Waals surface area contributed by atoms with Crippen LogP contribution in [0.25, 0.3) is 10.4 Å². The molecule has 2 fully saturated rings. The van der Waals surface area contributed by atoms with Gasteiger partial charge in [-0.15, -0.1) is 0 Å². The molecular weight excluding hydrogens is 372 g/mol. The highest BCUT2D eigenvalue weighted by molar-refractivity contribution is 7.19. The van der Waals surface area contributed by atoms with Crippen LogP contribution in [0.15, 0.2) is 36.5 Å². The molecular formula is C21H26N4O2S. The van der Waals surface area contributed by atoms with Gasteiger partial charge in [-0.05, 0) is 37.2 Å². The molecule has 28 heavy (non-hydrogen) atoms. The average molecular weight is 399 g/mol. The van der Waals surface area contributed by atoms with E-state index in [0.717, 1.165) is 49.2 Å². The van der Waals surface area contributed by atoms with E-state index >= 15 is 0 Å². The van der Waals surface area contributed by atoms with E-state index in [1.54, 1.807) is 6.20 Å². The molecule has 7 heteroatoms. The molecule has 0 radical (unpaired) electrons. The molecule has 0 aliphatic carbocycles. The summed E-state index contributed by atoms with van der Waals surface area (Å²) in [4.78, 5) is 34.1. The van der Waals surface area contributed by atoms with E-state index in [4.69, 9.17) is 0 Å². The molecule has 0 saturated carbocycles. The lowest BCUT2D eigenvalue weighted by Gasteiger charge is -2.32. The number of hydrogen-bond acceptors (Lipinski definition) is 4. The Labute approximate surface area is 169 Å². The first-order valence-electron chi connectivity index (χ1n) is 10.0. The molecule has 1 aromatic heterocycles. The van der Waals surface area contributed by atoms with Crippen LogP contribution in [0, 0.1) is 5.92 Å². The van der Waals surface area contributed by atoms with Crippen LogP contribution in [0.4, 0.5) is 9.93 Å². The Hall–Kier alpha value is -2.41. The van der Waals surface area contributed by atoms with E-state index in [1.807, 2.05) is 40.1 Å². The maximum absolute atomic E-state index is 12.6. The molecule has 2 aliphatic heterocycles. The smallest absolute Gasteiger partial charge is 0.323 e. The monoisotopic (exact) mass is 398 g/mol. The number of thiazole rings is 1. The fourth-order valence-electron chi connectivity index (χ4n) is 3.92. The molecule has 2 aliphatic rings. The highest BCUT2D eigenvalue weighted by Gasteiger charge is 2.27. The summed E-state index contributed by atoms with van der Waals surface area (Å²) < 4.78 is 0. The third-order valence-corrected chi connectivity index (χ3v) is 6.56. The standard InChI is InChI=1S/C21H26N4O2S/c26-19(24-10-4-5-11-24)14-16-8-12-25(13-9-16)21(27)23-20-22-15-18(28-20)17-6-2-1-3-7-17/h1-3,6-7,15-16H,4-5,8-14H2,(H,22,23,27). The van der Waals surface area contributed by atoms with Crippen LogP contribution in [0.5, 0.6) is 0 Å². The number of benzene rings is 1. The van der Waals surface area contributed by atoms with Gasteiger partial charge in [-0.1, -0.05) is 41.7 Å². The summed E-state index contributed by atoms with van der Waals surface area (Å²) in [5.74, 6) is 0.679. The van der Waals surface area contributed by atoms with Gasteiger partial charge in [-0.2, -0.15) is 0 Å². The number of amides is 3. The summed E-state index contributed by atoms with van der Waals surface area (Å²) >= 11 is 1.48. The largest absolute Gasteiger partial charge is 0.343 e. The predicted molar refractivity (Wildman–Crippen MR) is 111 cm³/mol. The van der Waals surface area contributed by atoms with Crippen molar-refractivity contribution in [3.63, 3.8) is 0 Å². The molecule has 0 bridgehead atoms. The molecule has 0 atom stereocenters. The summed E-state index contributed by atoms with van der Waals surface area (Å²) in [6, 6.07) is 9.94.